The summed E-state index contributed by atoms with van der Waals surface area (Å²) in [5.74, 6) is 0. The third-order valence-corrected chi connectivity index (χ3v) is 16.7. The van der Waals surface area contributed by atoms with Crippen molar-refractivity contribution >= 4 is 32.3 Å². The average molecular weight is 1000 g/mol. The van der Waals surface area contributed by atoms with E-state index in [1.165, 1.54) is 144 Å². The van der Waals surface area contributed by atoms with Gasteiger partial charge >= 0.3 is 0 Å². The van der Waals surface area contributed by atoms with Gasteiger partial charge < -0.3 is 0 Å². The van der Waals surface area contributed by atoms with Crippen LogP contribution in [0, 0.1) is 0 Å². The minimum Gasteiger partial charge on any atom is -0.0622 e. The molecule has 0 N–H and O–H groups in total. The maximum absolute atomic E-state index is 2.56. The summed E-state index contributed by atoms with van der Waals surface area (Å²) >= 11 is 0. The van der Waals surface area contributed by atoms with Gasteiger partial charge in [-0.1, -0.05) is 291 Å². The van der Waals surface area contributed by atoms with Crippen LogP contribution in [-0.4, -0.2) is 0 Å². The fourth-order valence-corrected chi connectivity index (χ4v) is 13.4. The van der Waals surface area contributed by atoms with Crippen LogP contribution in [0.25, 0.3) is 121 Å². The zero-order valence-corrected chi connectivity index (χ0v) is 43.5. The third kappa shape index (κ3) is 7.52. The minimum atomic E-state index is -0.699. The molecule has 0 radical (unpaired) electrons. The van der Waals surface area contributed by atoms with E-state index in [2.05, 4.69) is 315 Å². The lowest BCUT2D eigenvalue weighted by Crippen LogP contribution is -2.30. The summed E-state index contributed by atoms with van der Waals surface area (Å²) in [6.07, 6.45) is 0. The van der Waals surface area contributed by atoms with E-state index in [9.17, 15) is 0 Å². The predicted molar refractivity (Wildman–Crippen MR) is 334 cm³/mol. The van der Waals surface area contributed by atoms with E-state index in [0.717, 1.165) is 0 Å². The molecule has 1 aliphatic rings. The van der Waals surface area contributed by atoms with Crippen molar-refractivity contribution in [1.29, 1.82) is 0 Å². The molecular weight excluding hydrogens is 949 g/mol. The second kappa shape index (κ2) is 19.2. The number of hydrogen-bond acceptors (Lipinski definition) is 0. The topological polar surface area (TPSA) is 0 Å². The zero-order chi connectivity index (χ0) is 52.3. The van der Waals surface area contributed by atoms with E-state index < -0.39 is 5.41 Å². The summed E-state index contributed by atoms with van der Waals surface area (Å²) in [7, 11) is 0. The number of hydrogen-bond donors (Lipinski definition) is 0. The van der Waals surface area contributed by atoms with E-state index in [1.54, 1.807) is 0 Å². The molecule has 0 fully saturated rings. The molecule has 0 spiro atoms. The van der Waals surface area contributed by atoms with Gasteiger partial charge in [-0.25, -0.2) is 0 Å². The highest BCUT2D eigenvalue weighted by Crippen LogP contribution is 2.60. The zero-order valence-electron chi connectivity index (χ0n) is 43.5. The van der Waals surface area contributed by atoms with Crippen molar-refractivity contribution in [1.82, 2.24) is 0 Å². The molecule has 0 saturated heterocycles. The lowest BCUT2D eigenvalue weighted by molar-refractivity contribution is 0.773. The highest BCUT2D eigenvalue weighted by atomic mass is 14.5. The Morgan fingerprint density at radius 3 is 0.975 bits per heavy atom. The van der Waals surface area contributed by atoms with Crippen molar-refractivity contribution in [3.8, 4) is 89.0 Å². The molecule has 0 heteroatoms. The Balaban J connectivity index is 0.978. The Labute approximate surface area is 461 Å². The van der Waals surface area contributed by atoms with Crippen molar-refractivity contribution in [2.45, 2.75) is 5.41 Å². The fraction of sp³-hybridized carbons (Fsp3) is 0.0127. The molecular formula is C79H52. The molecule has 14 aromatic carbocycles. The van der Waals surface area contributed by atoms with E-state index in [0.29, 0.717) is 0 Å². The summed E-state index contributed by atoms with van der Waals surface area (Å²) in [4.78, 5) is 0. The number of benzene rings is 14. The Morgan fingerprint density at radius 1 is 0.152 bits per heavy atom. The van der Waals surface area contributed by atoms with Gasteiger partial charge in [0.25, 0.3) is 0 Å². The van der Waals surface area contributed by atoms with E-state index in [4.69, 9.17) is 0 Å². The van der Waals surface area contributed by atoms with Crippen LogP contribution in [0.5, 0.6) is 0 Å². The Bertz CT molecular complexity index is 4430. The van der Waals surface area contributed by atoms with Crippen LogP contribution in [0.15, 0.2) is 315 Å². The van der Waals surface area contributed by atoms with Gasteiger partial charge in [0, 0.05) is 0 Å². The minimum absolute atomic E-state index is 0.699. The molecule has 0 atom stereocenters. The average Bonchev–Trinajstić information content (AvgIpc) is 3.96. The summed E-state index contributed by atoms with van der Waals surface area (Å²) in [6, 6.07) is 117. The third-order valence-electron chi connectivity index (χ3n) is 16.7. The van der Waals surface area contributed by atoms with Crippen LogP contribution in [-0.2, 0) is 5.41 Å². The SMILES string of the molecule is c1ccc(-c2cc(-c3ccccc3)cc(-c3ccc(-c4c5ccccc5c(-c5ccc6c(c5)C(c5ccccc5-c5ccccc5)(c5ccccc5-c5ccccc5)c5ccccc5-6)c5ccccc45)c4ccccc34)c2)cc1. The van der Waals surface area contributed by atoms with Crippen molar-refractivity contribution in [2.24, 2.45) is 0 Å². The van der Waals surface area contributed by atoms with Gasteiger partial charge in [0.2, 0.25) is 0 Å². The summed E-state index contributed by atoms with van der Waals surface area (Å²) in [5, 5.41) is 7.35. The van der Waals surface area contributed by atoms with E-state index in [1.807, 2.05) is 0 Å². The van der Waals surface area contributed by atoms with Gasteiger partial charge in [0.1, 0.15) is 0 Å². The molecule has 0 nitrogen and oxygen atoms in total. The molecule has 0 saturated carbocycles. The standard InChI is InChI=1S/C79H52/c1-5-25-53(26-6-1)58-49-59(54-27-7-2-8-28-54)51-60(50-58)61-47-48-72(65-36-14-13-35-64(61)65)78-70-40-17-15-38-68(70)77(69-39-16-18-41-71(69)78)57-45-46-67-66-37-21-24-44-75(66)79(76(67)52-57,73-42-22-19-33-62(73)55-29-9-3-10-30-55)74-43-23-20-34-63(74)56-31-11-4-12-32-56/h1-52H. The molecule has 1 aliphatic carbocycles. The number of fused-ring (bicyclic) bond motifs is 6. The first-order valence-electron chi connectivity index (χ1n) is 27.5. The second-order valence-corrected chi connectivity index (χ2v) is 21.0. The summed E-state index contributed by atoms with van der Waals surface area (Å²) < 4.78 is 0. The predicted octanol–water partition coefficient (Wildman–Crippen LogP) is 21.2. The summed E-state index contributed by atoms with van der Waals surface area (Å²) in [5.41, 5.74) is 23.9. The van der Waals surface area contributed by atoms with E-state index in [-0.39, 0.29) is 0 Å². The first-order valence-corrected chi connectivity index (χ1v) is 27.5. The lowest BCUT2D eigenvalue weighted by Gasteiger charge is -2.37. The largest absolute Gasteiger partial charge is 0.0725 e. The molecule has 79 heavy (non-hydrogen) atoms. The molecule has 0 aliphatic heterocycles. The van der Waals surface area contributed by atoms with Gasteiger partial charge in [-0.2, -0.15) is 0 Å². The van der Waals surface area contributed by atoms with Crippen LogP contribution in [0.4, 0.5) is 0 Å². The molecule has 368 valence electrons. The molecule has 0 unspecified atom stereocenters. The maximum atomic E-state index is 2.56. The monoisotopic (exact) mass is 1000 g/mol. The maximum Gasteiger partial charge on any atom is 0.0725 e. The quantitative estimate of drug-likeness (QED) is 0.126. The Kier molecular flexibility index (Phi) is 11.2. The van der Waals surface area contributed by atoms with Gasteiger partial charge in [0.15, 0.2) is 0 Å². The molecule has 15 rings (SSSR count). The second-order valence-electron chi connectivity index (χ2n) is 21.0. The highest BCUT2D eigenvalue weighted by molar-refractivity contribution is 6.24. The smallest absolute Gasteiger partial charge is 0.0622 e. The molecule has 14 aromatic rings. The van der Waals surface area contributed by atoms with Crippen LogP contribution in [0.3, 0.4) is 0 Å². The van der Waals surface area contributed by atoms with Crippen molar-refractivity contribution < 1.29 is 0 Å². The normalized spacial score (nSPS) is 12.4. The lowest BCUT2D eigenvalue weighted by atomic mass is 9.64. The molecule has 0 bridgehead atoms. The first kappa shape index (κ1) is 46.2. The van der Waals surface area contributed by atoms with Crippen LogP contribution in [0.2, 0.25) is 0 Å². The van der Waals surface area contributed by atoms with Crippen molar-refractivity contribution in [3.05, 3.63) is 338 Å². The molecule has 0 aromatic heterocycles. The van der Waals surface area contributed by atoms with Gasteiger partial charge in [0.05, 0.1) is 5.41 Å². The van der Waals surface area contributed by atoms with E-state index >= 15 is 0 Å². The van der Waals surface area contributed by atoms with Crippen molar-refractivity contribution in [3.63, 3.8) is 0 Å². The first-order chi connectivity index (χ1) is 39.2. The van der Waals surface area contributed by atoms with Gasteiger partial charge in [-0.15, -0.1) is 0 Å². The Hall–Kier alpha value is -10.1. The van der Waals surface area contributed by atoms with Gasteiger partial charge in [-0.05, 0) is 168 Å². The fourth-order valence-electron chi connectivity index (χ4n) is 13.4. The van der Waals surface area contributed by atoms with Crippen LogP contribution >= 0.6 is 0 Å². The Morgan fingerprint density at radius 2 is 0.481 bits per heavy atom. The highest BCUT2D eigenvalue weighted by Gasteiger charge is 2.48. The van der Waals surface area contributed by atoms with Crippen LogP contribution < -0.4 is 0 Å². The molecule has 0 heterocycles. The summed E-state index contributed by atoms with van der Waals surface area (Å²) in [6.45, 7) is 0. The number of rotatable bonds is 9. The van der Waals surface area contributed by atoms with Crippen molar-refractivity contribution in [2.75, 3.05) is 0 Å². The van der Waals surface area contributed by atoms with Crippen LogP contribution in [0.1, 0.15) is 22.3 Å². The molecule has 0 amide bonds. The van der Waals surface area contributed by atoms with Gasteiger partial charge in [-0.3, -0.25) is 0 Å².